The Morgan fingerprint density at radius 1 is 1.33 bits per heavy atom. The van der Waals surface area contributed by atoms with Crippen molar-refractivity contribution in [2.75, 3.05) is 7.05 Å². The van der Waals surface area contributed by atoms with Gasteiger partial charge in [-0.15, -0.1) is 0 Å². The molecule has 1 saturated carbocycles. The van der Waals surface area contributed by atoms with Crippen molar-refractivity contribution in [2.45, 2.75) is 44.4 Å². The van der Waals surface area contributed by atoms with Gasteiger partial charge in [-0.1, -0.05) is 37.3 Å². The molecule has 0 radical (unpaired) electrons. The van der Waals surface area contributed by atoms with Crippen LogP contribution in [-0.2, 0) is 0 Å². The second-order valence-corrected chi connectivity index (χ2v) is 5.22. The Hall–Kier alpha value is -1.37. The zero-order chi connectivity index (χ0) is 12.8. The maximum Gasteiger partial charge on any atom is 0.0277 e. The first-order valence-electron chi connectivity index (χ1n) is 6.99. The van der Waals surface area contributed by atoms with Gasteiger partial charge in [0.05, 0.1) is 0 Å². The molecule has 1 nitrogen and oxygen atoms in total. The quantitative estimate of drug-likeness (QED) is 0.640. The zero-order valence-corrected chi connectivity index (χ0v) is 11.5. The Morgan fingerprint density at radius 2 is 2.11 bits per heavy atom. The molecule has 18 heavy (non-hydrogen) atoms. The molecule has 1 aromatic rings. The largest absolute Gasteiger partial charge is 0.297 e. The molecule has 1 aliphatic carbocycles. The summed E-state index contributed by atoms with van der Waals surface area (Å²) < 4.78 is 0. The Morgan fingerprint density at radius 3 is 2.83 bits per heavy atom. The first kappa shape index (κ1) is 13.1. The summed E-state index contributed by atoms with van der Waals surface area (Å²) in [6.45, 7) is 2.35. The summed E-state index contributed by atoms with van der Waals surface area (Å²) in [7, 11) is 1.80. The number of nitrogens with zero attached hydrogens (tertiary/aromatic N) is 1. The SMILES string of the molecule is CN=C/C=C\CCC(C)c1ccccc1C1CC1. The number of hydrogen-bond donors (Lipinski definition) is 0. The van der Waals surface area contributed by atoms with E-state index in [1.54, 1.807) is 18.2 Å². The van der Waals surface area contributed by atoms with E-state index in [2.05, 4.69) is 42.3 Å². The van der Waals surface area contributed by atoms with Gasteiger partial charge in [0.25, 0.3) is 0 Å². The molecule has 1 heteroatoms. The fourth-order valence-electron chi connectivity index (χ4n) is 2.47. The highest BCUT2D eigenvalue weighted by atomic mass is 14.6. The minimum atomic E-state index is 0.657. The van der Waals surface area contributed by atoms with E-state index in [0.29, 0.717) is 5.92 Å². The van der Waals surface area contributed by atoms with E-state index in [4.69, 9.17) is 0 Å². The average molecular weight is 241 g/mol. The molecule has 1 fully saturated rings. The molecule has 1 aliphatic rings. The summed E-state index contributed by atoms with van der Waals surface area (Å²) in [5, 5.41) is 0. The van der Waals surface area contributed by atoms with E-state index >= 15 is 0 Å². The molecular weight excluding hydrogens is 218 g/mol. The number of aliphatic imine (C=N–C) groups is 1. The van der Waals surface area contributed by atoms with E-state index in [1.165, 1.54) is 19.3 Å². The summed E-state index contributed by atoms with van der Waals surface area (Å²) in [5.41, 5.74) is 3.17. The van der Waals surface area contributed by atoms with Crippen LogP contribution < -0.4 is 0 Å². The van der Waals surface area contributed by atoms with E-state index < -0.39 is 0 Å². The first-order valence-corrected chi connectivity index (χ1v) is 6.99. The van der Waals surface area contributed by atoms with Crippen LogP contribution in [0.2, 0.25) is 0 Å². The van der Waals surface area contributed by atoms with Gasteiger partial charge in [-0.25, -0.2) is 0 Å². The molecule has 0 N–H and O–H groups in total. The van der Waals surface area contributed by atoms with E-state index in [-0.39, 0.29) is 0 Å². The number of allylic oxidation sites excluding steroid dienone is 2. The molecule has 0 aliphatic heterocycles. The van der Waals surface area contributed by atoms with Crippen molar-refractivity contribution in [2.24, 2.45) is 4.99 Å². The smallest absolute Gasteiger partial charge is 0.0277 e. The Kier molecular flexibility index (Phi) is 4.74. The molecule has 0 amide bonds. The first-order chi connectivity index (χ1) is 8.83. The molecule has 0 bridgehead atoms. The van der Waals surface area contributed by atoms with Gasteiger partial charge >= 0.3 is 0 Å². The van der Waals surface area contributed by atoms with Crippen LogP contribution in [0.1, 0.15) is 55.6 Å². The zero-order valence-electron chi connectivity index (χ0n) is 11.5. The van der Waals surface area contributed by atoms with Crippen LogP contribution in [-0.4, -0.2) is 13.3 Å². The van der Waals surface area contributed by atoms with Crippen LogP contribution in [0.5, 0.6) is 0 Å². The summed E-state index contributed by atoms with van der Waals surface area (Å²) in [6, 6.07) is 9.00. The molecule has 2 rings (SSSR count). The summed E-state index contributed by atoms with van der Waals surface area (Å²) in [6.07, 6.45) is 11.2. The number of hydrogen-bond acceptors (Lipinski definition) is 1. The molecule has 1 aromatic carbocycles. The predicted octanol–water partition coefficient (Wildman–Crippen LogP) is 4.70. The van der Waals surface area contributed by atoms with Gasteiger partial charge in [-0.05, 0) is 54.7 Å². The van der Waals surface area contributed by atoms with Gasteiger partial charge < -0.3 is 0 Å². The van der Waals surface area contributed by atoms with Gasteiger partial charge in [0, 0.05) is 13.3 Å². The van der Waals surface area contributed by atoms with Crippen molar-refractivity contribution in [1.29, 1.82) is 0 Å². The van der Waals surface area contributed by atoms with Gasteiger partial charge in [0.2, 0.25) is 0 Å². The van der Waals surface area contributed by atoms with E-state index in [1.807, 2.05) is 12.3 Å². The third-order valence-electron chi connectivity index (χ3n) is 3.68. The van der Waals surface area contributed by atoms with Crippen molar-refractivity contribution in [3.05, 3.63) is 47.5 Å². The lowest BCUT2D eigenvalue weighted by Crippen LogP contribution is -1.98. The van der Waals surface area contributed by atoms with Crippen LogP contribution in [0.25, 0.3) is 0 Å². The van der Waals surface area contributed by atoms with E-state index in [9.17, 15) is 0 Å². The van der Waals surface area contributed by atoms with Crippen LogP contribution in [0, 0.1) is 0 Å². The third-order valence-corrected chi connectivity index (χ3v) is 3.68. The minimum Gasteiger partial charge on any atom is -0.297 e. The molecule has 1 atom stereocenters. The molecule has 1 unspecified atom stereocenters. The van der Waals surface area contributed by atoms with E-state index in [0.717, 1.165) is 12.3 Å². The summed E-state index contributed by atoms with van der Waals surface area (Å²) in [4.78, 5) is 3.94. The second kappa shape index (κ2) is 6.53. The van der Waals surface area contributed by atoms with Crippen LogP contribution in [0.4, 0.5) is 0 Å². The number of rotatable bonds is 6. The van der Waals surface area contributed by atoms with Crippen molar-refractivity contribution >= 4 is 6.21 Å². The van der Waals surface area contributed by atoms with Gasteiger partial charge in [0.15, 0.2) is 0 Å². The molecule has 96 valence electrons. The monoisotopic (exact) mass is 241 g/mol. The van der Waals surface area contributed by atoms with Crippen LogP contribution in [0.15, 0.2) is 41.4 Å². The maximum atomic E-state index is 3.94. The summed E-state index contributed by atoms with van der Waals surface area (Å²) >= 11 is 0. The Bertz CT molecular complexity index is 427. The molecule has 0 heterocycles. The van der Waals surface area contributed by atoms with Gasteiger partial charge in [-0.2, -0.15) is 0 Å². The molecule has 0 saturated heterocycles. The normalized spacial score (nSPS) is 17.7. The third kappa shape index (κ3) is 3.56. The fourth-order valence-corrected chi connectivity index (χ4v) is 2.47. The maximum absolute atomic E-state index is 3.94. The van der Waals surface area contributed by atoms with Crippen molar-refractivity contribution in [1.82, 2.24) is 0 Å². The van der Waals surface area contributed by atoms with Crippen molar-refractivity contribution < 1.29 is 0 Å². The highest BCUT2D eigenvalue weighted by Gasteiger charge is 2.26. The second-order valence-electron chi connectivity index (χ2n) is 5.22. The lowest BCUT2D eigenvalue weighted by atomic mass is 9.90. The highest BCUT2D eigenvalue weighted by Crippen LogP contribution is 2.43. The fraction of sp³-hybridized carbons (Fsp3) is 0.471. The molecule has 0 spiro atoms. The molecular formula is C17H23N. The lowest BCUT2D eigenvalue weighted by molar-refractivity contribution is 0.682. The standard InChI is InChI=1S/C17H23N/c1-14(8-4-3-7-13-18-2)16-9-5-6-10-17(16)15-11-12-15/h3,5-7,9-10,13-15H,4,8,11-12H2,1-2H3/b7-3-,18-13?. The minimum absolute atomic E-state index is 0.657. The van der Waals surface area contributed by atoms with Crippen LogP contribution in [0.3, 0.4) is 0 Å². The van der Waals surface area contributed by atoms with Gasteiger partial charge in [0.1, 0.15) is 0 Å². The lowest BCUT2D eigenvalue weighted by Gasteiger charge is -2.15. The van der Waals surface area contributed by atoms with Crippen molar-refractivity contribution in [3.8, 4) is 0 Å². The predicted molar refractivity (Wildman–Crippen MR) is 79.6 cm³/mol. The van der Waals surface area contributed by atoms with Crippen LogP contribution >= 0.6 is 0 Å². The Balaban J connectivity index is 1.94. The number of benzene rings is 1. The van der Waals surface area contributed by atoms with Gasteiger partial charge in [-0.3, -0.25) is 4.99 Å². The topological polar surface area (TPSA) is 12.4 Å². The summed E-state index contributed by atoms with van der Waals surface area (Å²) in [5.74, 6) is 1.51. The Labute approximate surface area is 111 Å². The highest BCUT2D eigenvalue weighted by molar-refractivity contribution is 5.70. The van der Waals surface area contributed by atoms with Crippen molar-refractivity contribution in [3.63, 3.8) is 0 Å². The molecule has 0 aromatic heterocycles. The average Bonchev–Trinajstić information content (AvgIpc) is 3.22.